The van der Waals surface area contributed by atoms with Crippen LogP contribution in [0.25, 0.3) is 0 Å². The number of hydrogen-bond acceptors (Lipinski definition) is 6. The predicted molar refractivity (Wildman–Crippen MR) is 117 cm³/mol. The van der Waals surface area contributed by atoms with Crippen LogP contribution in [0.2, 0.25) is 0 Å². The van der Waals surface area contributed by atoms with Crippen molar-refractivity contribution in [1.29, 1.82) is 0 Å². The summed E-state index contributed by atoms with van der Waals surface area (Å²) in [5.74, 6) is -0.174. The molecule has 0 spiro atoms. The summed E-state index contributed by atoms with van der Waals surface area (Å²) in [4.78, 5) is 39.6. The van der Waals surface area contributed by atoms with Crippen LogP contribution in [-0.4, -0.2) is 71.5 Å². The molecule has 3 aliphatic rings. The third-order valence-electron chi connectivity index (χ3n) is 6.40. The Labute approximate surface area is 181 Å². The molecule has 2 aromatic heterocycles. The van der Waals surface area contributed by atoms with E-state index in [1.165, 1.54) is 0 Å². The number of carbonyl (C=O) groups is 2. The Bertz CT molecular complexity index is 986. The molecule has 0 saturated carbocycles. The van der Waals surface area contributed by atoms with E-state index in [4.69, 9.17) is 4.98 Å². The van der Waals surface area contributed by atoms with E-state index in [0.29, 0.717) is 5.69 Å². The van der Waals surface area contributed by atoms with Gasteiger partial charge in [0.2, 0.25) is 0 Å². The lowest BCUT2D eigenvalue weighted by molar-refractivity contribution is 0.0958. The fourth-order valence-electron chi connectivity index (χ4n) is 4.71. The van der Waals surface area contributed by atoms with Crippen LogP contribution >= 0.6 is 0 Å². The molecule has 2 aromatic rings. The van der Waals surface area contributed by atoms with E-state index < -0.39 is 0 Å². The minimum Gasteiger partial charge on any atom is -0.368 e. The number of aromatic nitrogens is 2. The van der Waals surface area contributed by atoms with Crippen molar-refractivity contribution in [3.8, 4) is 0 Å². The lowest BCUT2D eigenvalue weighted by Gasteiger charge is -2.36. The van der Waals surface area contributed by atoms with Crippen LogP contribution in [0.3, 0.4) is 0 Å². The summed E-state index contributed by atoms with van der Waals surface area (Å²) in [6.45, 7) is 5.27. The van der Waals surface area contributed by atoms with Crippen molar-refractivity contribution in [2.45, 2.75) is 25.4 Å². The number of piperazine rings is 1. The Kier molecular flexibility index (Phi) is 5.19. The fourth-order valence-corrected chi connectivity index (χ4v) is 4.71. The third-order valence-corrected chi connectivity index (χ3v) is 6.40. The maximum absolute atomic E-state index is 12.3. The molecule has 2 N–H and O–H groups in total. The van der Waals surface area contributed by atoms with Crippen LogP contribution < -0.4 is 15.5 Å². The van der Waals surface area contributed by atoms with Gasteiger partial charge in [-0.15, -0.1) is 0 Å². The minimum atomic E-state index is -0.174. The molecule has 9 nitrogen and oxygen atoms in total. The van der Waals surface area contributed by atoms with E-state index in [9.17, 15) is 9.59 Å². The number of pyridine rings is 2. The average molecular weight is 422 g/mol. The van der Waals surface area contributed by atoms with E-state index in [-0.39, 0.29) is 18.0 Å². The highest BCUT2D eigenvalue weighted by molar-refractivity contribution is 5.93. The standard InChI is InChI=1S/C22H27N7O2/c1-23-21(30)17-5-4-16(13-24-17)28-9-7-27(8-10-28)14-15-11-18-20(25-12-15)19-3-2-6-29(19)22(31)26-18/h4-5,11-13,19H,2-3,6-10,14H2,1H3,(H,23,30)(H,26,31). The van der Waals surface area contributed by atoms with Gasteiger partial charge in [-0.2, -0.15) is 0 Å². The molecule has 2 fully saturated rings. The van der Waals surface area contributed by atoms with E-state index in [1.807, 2.05) is 17.2 Å². The number of urea groups is 1. The summed E-state index contributed by atoms with van der Waals surface area (Å²) in [5.41, 5.74) is 4.45. The van der Waals surface area contributed by atoms with Gasteiger partial charge in [-0.25, -0.2) is 9.78 Å². The minimum absolute atomic E-state index is 0.00129. The van der Waals surface area contributed by atoms with Crippen molar-refractivity contribution in [3.05, 3.63) is 47.5 Å². The number of hydrogen-bond donors (Lipinski definition) is 2. The number of nitrogens with zero attached hydrogens (tertiary/aromatic N) is 5. The van der Waals surface area contributed by atoms with Crippen LogP contribution in [0.4, 0.5) is 16.2 Å². The molecule has 5 rings (SSSR count). The van der Waals surface area contributed by atoms with Gasteiger partial charge >= 0.3 is 6.03 Å². The second kappa shape index (κ2) is 8.14. The molecule has 1 atom stereocenters. The Hall–Kier alpha value is -3.20. The molecule has 2 saturated heterocycles. The molecule has 3 amide bonds. The predicted octanol–water partition coefficient (Wildman–Crippen LogP) is 1.84. The average Bonchev–Trinajstić information content (AvgIpc) is 3.30. The first kappa shape index (κ1) is 19.7. The summed E-state index contributed by atoms with van der Waals surface area (Å²) < 4.78 is 0. The Morgan fingerprint density at radius 1 is 1.16 bits per heavy atom. The van der Waals surface area contributed by atoms with Gasteiger partial charge in [0.1, 0.15) is 5.69 Å². The summed E-state index contributed by atoms with van der Waals surface area (Å²) >= 11 is 0. The first-order valence-corrected chi connectivity index (χ1v) is 10.8. The number of carbonyl (C=O) groups excluding carboxylic acids is 2. The van der Waals surface area contributed by atoms with Crippen LogP contribution in [0.5, 0.6) is 0 Å². The first-order chi connectivity index (χ1) is 15.1. The molecule has 0 aliphatic carbocycles. The van der Waals surface area contributed by atoms with Gasteiger partial charge in [0.05, 0.1) is 29.3 Å². The lowest BCUT2D eigenvalue weighted by Crippen LogP contribution is -2.46. The highest BCUT2D eigenvalue weighted by atomic mass is 16.2. The van der Waals surface area contributed by atoms with Crippen LogP contribution in [0.15, 0.2) is 30.6 Å². The number of fused-ring (bicyclic) bond motifs is 3. The fraction of sp³-hybridized carbons (Fsp3) is 0.455. The van der Waals surface area contributed by atoms with E-state index >= 15 is 0 Å². The molecule has 1 unspecified atom stereocenters. The normalized spacial score (nSPS) is 20.8. The SMILES string of the molecule is CNC(=O)c1ccc(N2CCN(Cc3cnc4c(c3)NC(=O)N3CCCC43)CC2)cn1. The quantitative estimate of drug-likeness (QED) is 0.783. The molecular weight excluding hydrogens is 394 g/mol. The van der Waals surface area contributed by atoms with Crippen molar-refractivity contribution in [2.75, 3.05) is 50.0 Å². The van der Waals surface area contributed by atoms with Crippen molar-refractivity contribution >= 4 is 23.3 Å². The number of nitrogens with one attached hydrogen (secondary N) is 2. The molecule has 5 heterocycles. The van der Waals surface area contributed by atoms with Gasteiger partial charge in [0.15, 0.2) is 0 Å². The molecule has 0 bridgehead atoms. The van der Waals surface area contributed by atoms with Gasteiger partial charge in [-0.3, -0.25) is 14.7 Å². The van der Waals surface area contributed by atoms with Crippen LogP contribution in [-0.2, 0) is 6.54 Å². The smallest absolute Gasteiger partial charge is 0.322 e. The maximum Gasteiger partial charge on any atom is 0.322 e. The first-order valence-electron chi connectivity index (χ1n) is 10.8. The third kappa shape index (κ3) is 3.81. The Morgan fingerprint density at radius 2 is 2.00 bits per heavy atom. The van der Waals surface area contributed by atoms with Crippen molar-refractivity contribution in [1.82, 2.24) is 25.1 Å². The van der Waals surface area contributed by atoms with Crippen molar-refractivity contribution < 1.29 is 9.59 Å². The number of amides is 3. The van der Waals surface area contributed by atoms with Gasteiger partial charge < -0.3 is 20.4 Å². The molecule has 0 aromatic carbocycles. The molecule has 0 radical (unpaired) electrons. The summed E-state index contributed by atoms with van der Waals surface area (Å²) in [7, 11) is 1.60. The number of anilines is 2. The molecule has 3 aliphatic heterocycles. The zero-order valence-electron chi connectivity index (χ0n) is 17.7. The van der Waals surface area contributed by atoms with Gasteiger partial charge in [-0.05, 0) is 36.6 Å². The second-order valence-corrected chi connectivity index (χ2v) is 8.30. The lowest BCUT2D eigenvalue weighted by atomic mass is 10.1. The summed E-state index contributed by atoms with van der Waals surface area (Å²) in [6, 6.07) is 5.93. The second-order valence-electron chi connectivity index (χ2n) is 8.30. The number of rotatable bonds is 4. The van der Waals surface area contributed by atoms with E-state index in [2.05, 4.69) is 31.5 Å². The van der Waals surface area contributed by atoms with Gasteiger partial charge in [-0.1, -0.05) is 0 Å². The summed E-state index contributed by atoms with van der Waals surface area (Å²) in [5, 5.41) is 5.61. The zero-order chi connectivity index (χ0) is 21.4. The van der Waals surface area contributed by atoms with Crippen LogP contribution in [0.1, 0.15) is 40.6 Å². The Balaban J connectivity index is 1.20. The van der Waals surface area contributed by atoms with Crippen LogP contribution in [0, 0.1) is 0 Å². The van der Waals surface area contributed by atoms with Crippen molar-refractivity contribution in [3.63, 3.8) is 0 Å². The molecular formula is C22H27N7O2. The highest BCUT2D eigenvalue weighted by Gasteiger charge is 2.37. The largest absolute Gasteiger partial charge is 0.368 e. The topological polar surface area (TPSA) is 93.7 Å². The highest BCUT2D eigenvalue weighted by Crippen LogP contribution is 2.38. The maximum atomic E-state index is 12.3. The molecule has 9 heteroatoms. The van der Waals surface area contributed by atoms with E-state index in [1.54, 1.807) is 19.3 Å². The van der Waals surface area contributed by atoms with Crippen molar-refractivity contribution in [2.24, 2.45) is 0 Å². The van der Waals surface area contributed by atoms with E-state index in [0.717, 1.165) is 74.7 Å². The summed E-state index contributed by atoms with van der Waals surface area (Å²) in [6.07, 6.45) is 5.76. The zero-order valence-corrected chi connectivity index (χ0v) is 17.7. The molecule has 162 valence electrons. The van der Waals surface area contributed by atoms with Gasteiger partial charge in [0.25, 0.3) is 5.91 Å². The van der Waals surface area contributed by atoms with Gasteiger partial charge in [0, 0.05) is 52.5 Å². The Morgan fingerprint density at radius 3 is 2.74 bits per heavy atom. The monoisotopic (exact) mass is 421 g/mol. The molecule has 31 heavy (non-hydrogen) atoms.